The first-order valence-electron chi connectivity index (χ1n) is 13.8. The summed E-state index contributed by atoms with van der Waals surface area (Å²) in [4.78, 5) is 23.8. The predicted octanol–water partition coefficient (Wildman–Crippen LogP) is 6.50. The van der Waals surface area contributed by atoms with Crippen LogP contribution in [0.25, 0.3) is 0 Å². The van der Waals surface area contributed by atoms with Gasteiger partial charge in [0.1, 0.15) is 11.5 Å². The summed E-state index contributed by atoms with van der Waals surface area (Å²) >= 11 is 0. The van der Waals surface area contributed by atoms with E-state index >= 15 is 0 Å². The molecule has 1 atom stereocenters. The first-order chi connectivity index (χ1) is 15.9. The summed E-state index contributed by atoms with van der Waals surface area (Å²) in [5.74, 6) is -1.95. The fourth-order valence-electron chi connectivity index (χ4n) is 4.56. The van der Waals surface area contributed by atoms with Gasteiger partial charge in [-0.3, -0.25) is 4.79 Å². The van der Waals surface area contributed by atoms with Gasteiger partial charge < -0.3 is 19.5 Å². The van der Waals surface area contributed by atoms with Gasteiger partial charge in [-0.15, -0.1) is 0 Å². The van der Waals surface area contributed by atoms with Gasteiger partial charge in [0.25, 0.3) is 0 Å². The lowest BCUT2D eigenvalue weighted by molar-refractivity contribution is -0.917. The third-order valence-corrected chi connectivity index (χ3v) is 7.51. The number of rotatable bonds is 22. The van der Waals surface area contributed by atoms with Crippen molar-refractivity contribution in [2.45, 2.75) is 135 Å². The molecule has 0 aliphatic rings. The van der Waals surface area contributed by atoms with Crippen LogP contribution in [0.2, 0.25) is 0 Å². The number of carboxylic acid groups (broad SMARTS) is 2. The molecule has 0 heterocycles. The second-order valence-electron chi connectivity index (χ2n) is 11.7. The van der Waals surface area contributed by atoms with Crippen LogP contribution < -0.4 is 5.11 Å². The van der Waals surface area contributed by atoms with Crippen LogP contribution >= 0.6 is 0 Å². The molecule has 5 nitrogen and oxygen atoms in total. The van der Waals surface area contributed by atoms with E-state index in [4.69, 9.17) is 0 Å². The number of hydrogen-bond acceptors (Lipinski definition) is 3. The predicted molar refractivity (Wildman–Crippen MR) is 140 cm³/mol. The van der Waals surface area contributed by atoms with E-state index in [1.165, 1.54) is 64.2 Å². The minimum absolute atomic E-state index is 0.246. The van der Waals surface area contributed by atoms with Crippen molar-refractivity contribution in [2.75, 3.05) is 21.1 Å². The fraction of sp³-hybridized carbons (Fsp3) is 0.862. The lowest BCUT2D eigenvalue weighted by Crippen LogP contribution is -2.66. The Bertz CT molecular complexity index is 591. The van der Waals surface area contributed by atoms with Gasteiger partial charge >= 0.3 is 5.97 Å². The van der Waals surface area contributed by atoms with Crippen molar-refractivity contribution in [3.8, 4) is 0 Å². The van der Waals surface area contributed by atoms with E-state index in [1.807, 2.05) is 21.1 Å². The first kappa shape index (κ1) is 32.6. The number of allylic oxidation sites excluding steroid dienone is 2. The maximum atomic E-state index is 12.3. The summed E-state index contributed by atoms with van der Waals surface area (Å²) in [6.45, 7) is 5.58. The molecule has 0 aromatic carbocycles. The minimum atomic E-state index is -1.06. The molecule has 0 bridgehead atoms. The van der Waals surface area contributed by atoms with E-state index in [9.17, 15) is 19.8 Å². The highest BCUT2D eigenvalue weighted by molar-refractivity contribution is 5.76. The van der Waals surface area contributed by atoms with E-state index in [0.29, 0.717) is 19.3 Å². The van der Waals surface area contributed by atoms with Gasteiger partial charge in [0.15, 0.2) is 0 Å². The number of carboxylic acids is 2. The minimum Gasteiger partial charge on any atom is -0.544 e. The summed E-state index contributed by atoms with van der Waals surface area (Å²) < 4.78 is 0.246. The Morgan fingerprint density at radius 1 is 0.735 bits per heavy atom. The highest BCUT2D eigenvalue weighted by atomic mass is 16.4. The average molecular weight is 482 g/mol. The molecule has 1 unspecified atom stereocenters. The highest BCUT2D eigenvalue weighted by Gasteiger charge is 2.45. The summed E-state index contributed by atoms with van der Waals surface area (Å²) in [5.41, 5.74) is -2.01. The van der Waals surface area contributed by atoms with Crippen molar-refractivity contribution in [2.24, 2.45) is 5.41 Å². The molecule has 0 aromatic rings. The lowest BCUT2D eigenvalue weighted by atomic mass is 9.77. The van der Waals surface area contributed by atoms with E-state index < -0.39 is 22.9 Å². The number of aliphatic carboxylic acids is 2. The van der Waals surface area contributed by atoms with Gasteiger partial charge in [0.2, 0.25) is 0 Å². The number of unbranched alkanes of at least 4 members (excludes halogenated alkanes) is 12. The van der Waals surface area contributed by atoms with Crippen LogP contribution in [0.5, 0.6) is 0 Å². The molecule has 0 aliphatic carbocycles. The van der Waals surface area contributed by atoms with Crippen molar-refractivity contribution in [3.05, 3.63) is 12.2 Å². The second kappa shape index (κ2) is 17.1. The van der Waals surface area contributed by atoms with Gasteiger partial charge in [-0.2, -0.15) is 0 Å². The van der Waals surface area contributed by atoms with Crippen molar-refractivity contribution >= 4 is 11.9 Å². The first-order valence-corrected chi connectivity index (χ1v) is 13.8. The zero-order valence-corrected chi connectivity index (χ0v) is 23.3. The maximum absolute atomic E-state index is 12.3. The van der Waals surface area contributed by atoms with Gasteiger partial charge in [0, 0.05) is 12.8 Å². The number of carbonyl (C=O) groups excluding carboxylic acids is 1. The number of carbonyl (C=O) groups is 2. The topological polar surface area (TPSA) is 77.4 Å². The van der Waals surface area contributed by atoms with Crippen molar-refractivity contribution < 1.29 is 24.3 Å². The number of hydrogen-bond donors (Lipinski definition) is 1. The third-order valence-electron chi connectivity index (χ3n) is 7.51. The molecule has 0 rings (SSSR count). The molecule has 200 valence electrons. The molecule has 1 N–H and O–H groups in total. The summed E-state index contributed by atoms with van der Waals surface area (Å²) in [7, 11) is 5.64. The monoisotopic (exact) mass is 481 g/mol. The number of nitrogens with zero attached hydrogens (tertiary/aromatic N) is 1. The zero-order chi connectivity index (χ0) is 26.1. The molecule has 0 spiro atoms. The van der Waals surface area contributed by atoms with Crippen LogP contribution in [0.3, 0.4) is 0 Å². The molecule has 0 amide bonds. The standard InChI is InChI=1S/C29H55NO4/c1-7-8-9-10-11-12-13-14-15-16-17-18-19-20-21-22-23-29(27(33)34,30(4,5)6)25-24-28(2,3)26(31)32/h14-15H,7-13,16-25H2,1-6H3,(H-,31,32,33,34)/b15-14-. The van der Waals surface area contributed by atoms with E-state index in [1.54, 1.807) is 13.8 Å². The van der Waals surface area contributed by atoms with Crippen LogP contribution in [-0.2, 0) is 9.59 Å². The maximum Gasteiger partial charge on any atom is 0.309 e. The summed E-state index contributed by atoms with van der Waals surface area (Å²) in [6, 6.07) is 0. The van der Waals surface area contributed by atoms with E-state index in [-0.39, 0.29) is 4.48 Å². The van der Waals surface area contributed by atoms with Crippen LogP contribution in [0.15, 0.2) is 12.2 Å². The van der Waals surface area contributed by atoms with Gasteiger partial charge in [-0.1, -0.05) is 76.9 Å². The summed E-state index contributed by atoms with van der Waals surface area (Å²) in [5, 5.41) is 21.7. The number of quaternary nitrogens is 1. The Balaban J connectivity index is 4.21. The van der Waals surface area contributed by atoms with Gasteiger partial charge in [-0.25, -0.2) is 0 Å². The molecule has 0 aromatic heterocycles. The van der Waals surface area contributed by atoms with E-state index in [2.05, 4.69) is 19.1 Å². The Hall–Kier alpha value is -1.36. The third kappa shape index (κ3) is 12.9. The second-order valence-corrected chi connectivity index (χ2v) is 11.7. The highest BCUT2D eigenvalue weighted by Crippen LogP contribution is 2.35. The SMILES string of the molecule is CCCCCCCC/C=C\CCCCCCCCC(CCC(C)(C)C(=O)O)(C(=O)[O-])[N+](C)(C)C. The van der Waals surface area contributed by atoms with Crippen molar-refractivity contribution in [1.82, 2.24) is 0 Å². The average Bonchev–Trinajstić information content (AvgIpc) is 2.74. The zero-order valence-electron chi connectivity index (χ0n) is 23.3. The van der Waals surface area contributed by atoms with Gasteiger partial charge in [0.05, 0.1) is 26.6 Å². The van der Waals surface area contributed by atoms with E-state index in [0.717, 1.165) is 25.7 Å². The molecule has 0 radical (unpaired) electrons. The molecular weight excluding hydrogens is 426 g/mol. The smallest absolute Gasteiger partial charge is 0.309 e. The fourth-order valence-corrected chi connectivity index (χ4v) is 4.56. The normalized spacial score (nSPS) is 14.4. The molecule has 5 heteroatoms. The van der Waals surface area contributed by atoms with Crippen LogP contribution in [0, 0.1) is 5.41 Å². The molecule has 0 saturated carbocycles. The van der Waals surface area contributed by atoms with Crippen molar-refractivity contribution in [1.29, 1.82) is 0 Å². The van der Waals surface area contributed by atoms with Crippen LogP contribution in [0.1, 0.15) is 130 Å². The van der Waals surface area contributed by atoms with Crippen LogP contribution in [-0.4, -0.2) is 48.2 Å². The molecular formula is C29H55NO4. The number of likely N-dealkylation sites (N-methyl/N-ethyl adjacent to an activating group) is 1. The molecule has 0 fully saturated rings. The summed E-state index contributed by atoms with van der Waals surface area (Å²) in [6.07, 6.45) is 22.9. The largest absolute Gasteiger partial charge is 0.544 e. The Kier molecular flexibility index (Phi) is 16.4. The molecule has 0 aliphatic heterocycles. The Labute approximate surface area is 210 Å². The van der Waals surface area contributed by atoms with Crippen molar-refractivity contribution in [3.63, 3.8) is 0 Å². The Morgan fingerprint density at radius 2 is 1.18 bits per heavy atom. The molecule has 0 saturated heterocycles. The quantitative estimate of drug-likeness (QED) is 0.109. The molecule has 34 heavy (non-hydrogen) atoms. The Morgan fingerprint density at radius 3 is 1.59 bits per heavy atom. The van der Waals surface area contributed by atoms with Gasteiger partial charge in [-0.05, 0) is 52.4 Å². The van der Waals surface area contributed by atoms with Crippen LogP contribution in [0.4, 0.5) is 0 Å². The lowest BCUT2D eigenvalue weighted by Gasteiger charge is -2.48.